The second-order valence-corrected chi connectivity index (χ2v) is 7.69. The lowest BCUT2D eigenvalue weighted by Crippen LogP contribution is -2.52. The van der Waals surface area contributed by atoms with Crippen LogP contribution in [0.25, 0.3) is 0 Å². The zero-order valence-electron chi connectivity index (χ0n) is 10.5. The van der Waals surface area contributed by atoms with Gasteiger partial charge >= 0.3 is 0 Å². The van der Waals surface area contributed by atoms with Crippen LogP contribution in [0.5, 0.6) is 0 Å². The summed E-state index contributed by atoms with van der Waals surface area (Å²) in [6, 6.07) is 2.84. The fraction of sp³-hybridized carbons (Fsp3) is 0.444. The van der Waals surface area contributed by atoms with Crippen LogP contribution in [0.3, 0.4) is 0 Å². The third-order valence-electron chi connectivity index (χ3n) is 2.98. The van der Waals surface area contributed by atoms with E-state index in [4.69, 9.17) is 10.9 Å². The van der Waals surface area contributed by atoms with Crippen LogP contribution in [0.2, 0.25) is 0 Å². The summed E-state index contributed by atoms with van der Waals surface area (Å²) in [6.07, 6.45) is 1.40. The third-order valence-corrected chi connectivity index (χ3v) is 6.01. The van der Waals surface area contributed by atoms with Crippen molar-refractivity contribution in [2.75, 3.05) is 31.9 Å². The van der Waals surface area contributed by atoms with Crippen molar-refractivity contribution in [3.63, 3.8) is 0 Å². The Morgan fingerprint density at radius 2 is 1.60 bits per heavy atom. The predicted octanol–water partition coefficient (Wildman–Crippen LogP) is -1.83. The van der Waals surface area contributed by atoms with Gasteiger partial charge in [0.25, 0.3) is 10.2 Å². The third kappa shape index (κ3) is 2.91. The minimum atomic E-state index is -3.79. The summed E-state index contributed by atoms with van der Waals surface area (Å²) in [7, 11) is -7.57. The fourth-order valence-electron chi connectivity index (χ4n) is 1.92. The zero-order valence-corrected chi connectivity index (χ0v) is 12.1. The molecule has 2 heterocycles. The Bertz CT molecular complexity index is 695. The second-order valence-electron chi connectivity index (χ2n) is 4.23. The Morgan fingerprint density at radius 1 is 1.05 bits per heavy atom. The van der Waals surface area contributed by atoms with Gasteiger partial charge in [-0.05, 0) is 12.1 Å². The second kappa shape index (κ2) is 5.26. The van der Waals surface area contributed by atoms with Crippen molar-refractivity contribution in [2.45, 2.75) is 4.90 Å². The molecule has 1 aromatic rings. The molecule has 11 heteroatoms. The van der Waals surface area contributed by atoms with E-state index in [1.165, 1.54) is 22.6 Å². The molecule has 2 rings (SSSR count). The Kier molecular flexibility index (Phi) is 3.97. The van der Waals surface area contributed by atoms with Gasteiger partial charge in [-0.1, -0.05) is 0 Å². The molecule has 4 N–H and O–H groups in total. The van der Waals surface area contributed by atoms with E-state index in [0.717, 1.165) is 4.31 Å². The van der Waals surface area contributed by atoms with Crippen molar-refractivity contribution in [1.29, 1.82) is 0 Å². The molecule has 0 atom stereocenters. The van der Waals surface area contributed by atoms with Gasteiger partial charge in [-0.3, -0.25) is 0 Å². The Hall–Kier alpha value is -1.27. The van der Waals surface area contributed by atoms with E-state index >= 15 is 0 Å². The summed E-state index contributed by atoms with van der Waals surface area (Å²) in [5, 5.41) is 5.00. The minimum absolute atomic E-state index is 0.0121. The lowest BCUT2D eigenvalue weighted by Gasteiger charge is -2.32. The van der Waals surface area contributed by atoms with E-state index in [2.05, 4.69) is 4.98 Å². The van der Waals surface area contributed by atoms with Gasteiger partial charge in [-0.2, -0.15) is 17.0 Å². The van der Waals surface area contributed by atoms with Crippen LogP contribution in [-0.4, -0.2) is 56.6 Å². The van der Waals surface area contributed by atoms with Crippen molar-refractivity contribution >= 4 is 26.1 Å². The number of hydrogen-bond acceptors (Lipinski definition) is 6. The number of pyridine rings is 1. The molecule has 1 fully saturated rings. The van der Waals surface area contributed by atoms with E-state index in [0.29, 0.717) is 0 Å². The number of rotatable bonds is 3. The number of aromatic nitrogens is 1. The van der Waals surface area contributed by atoms with Gasteiger partial charge in [0.1, 0.15) is 10.7 Å². The highest BCUT2D eigenvalue weighted by Crippen LogP contribution is 2.21. The van der Waals surface area contributed by atoms with Crippen LogP contribution < -0.4 is 10.9 Å². The maximum absolute atomic E-state index is 12.4. The lowest BCUT2D eigenvalue weighted by molar-refractivity contribution is 0.273. The quantitative estimate of drug-likeness (QED) is 0.671. The van der Waals surface area contributed by atoms with Crippen molar-refractivity contribution < 1.29 is 16.8 Å². The number of nitrogen functional groups attached to an aromatic ring is 1. The molecule has 0 unspecified atom stereocenters. The average molecular weight is 321 g/mol. The van der Waals surface area contributed by atoms with E-state index in [-0.39, 0.29) is 36.9 Å². The summed E-state index contributed by atoms with van der Waals surface area (Å²) in [4.78, 5) is 3.66. The molecule has 1 aliphatic heterocycles. The number of nitrogens with two attached hydrogens (primary N) is 2. The molecule has 0 spiro atoms. The Morgan fingerprint density at radius 3 is 2.10 bits per heavy atom. The fourth-order valence-corrected chi connectivity index (χ4v) is 4.09. The van der Waals surface area contributed by atoms with E-state index in [1.54, 1.807) is 0 Å². The van der Waals surface area contributed by atoms with Crippen LogP contribution in [0.4, 0.5) is 5.82 Å². The largest absolute Gasteiger partial charge is 0.383 e. The van der Waals surface area contributed by atoms with Crippen molar-refractivity contribution in [1.82, 2.24) is 13.6 Å². The van der Waals surface area contributed by atoms with Gasteiger partial charge < -0.3 is 5.73 Å². The van der Waals surface area contributed by atoms with Gasteiger partial charge in [-0.15, -0.1) is 0 Å². The Balaban J connectivity index is 2.20. The smallest absolute Gasteiger partial charge is 0.276 e. The molecule has 1 saturated heterocycles. The molecule has 0 aromatic carbocycles. The number of hydrogen-bond donors (Lipinski definition) is 2. The molecular formula is C9H15N5O4S2. The molecule has 20 heavy (non-hydrogen) atoms. The Labute approximate surface area is 117 Å². The predicted molar refractivity (Wildman–Crippen MR) is 72.1 cm³/mol. The topological polar surface area (TPSA) is 140 Å². The summed E-state index contributed by atoms with van der Waals surface area (Å²) in [6.45, 7) is 0.0661. The van der Waals surface area contributed by atoms with Gasteiger partial charge in [0.2, 0.25) is 10.0 Å². The highest BCUT2D eigenvalue weighted by atomic mass is 32.2. The summed E-state index contributed by atoms with van der Waals surface area (Å²) < 4.78 is 49.3. The average Bonchev–Trinajstić information content (AvgIpc) is 2.38. The molecule has 9 nitrogen and oxygen atoms in total. The molecular weight excluding hydrogens is 306 g/mol. The van der Waals surface area contributed by atoms with Gasteiger partial charge in [0.15, 0.2) is 0 Å². The molecule has 1 aromatic heterocycles. The molecule has 0 saturated carbocycles. The standard InChI is InChI=1S/C9H15N5O4S2/c10-9-8(2-1-3-12-9)19(15,16)13-4-6-14(7-5-13)20(11,17)18/h1-3H,4-7H2,(H2,10,12)(H2,11,17,18). The summed E-state index contributed by atoms with van der Waals surface area (Å²) in [5.41, 5.74) is 5.57. The number of sulfonamides is 1. The first-order valence-corrected chi connectivity index (χ1v) is 8.66. The number of nitrogens with zero attached hydrogens (tertiary/aromatic N) is 3. The molecule has 0 radical (unpaired) electrons. The number of piperazine rings is 1. The summed E-state index contributed by atoms with van der Waals surface area (Å²) >= 11 is 0. The van der Waals surface area contributed by atoms with Crippen LogP contribution in [0, 0.1) is 0 Å². The van der Waals surface area contributed by atoms with E-state index in [9.17, 15) is 16.8 Å². The maximum Gasteiger partial charge on any atom is 0.276 e. The van der Waals surface area contributed by atoms with E-state index in [1.807, 2.05) is 0 Å². The molecule has 0 bridgehead atoms. The van der Waals surface area contributed by atoms with Crippen LogP contribution >= 0.6 is 0 Å². The van der Waals surface area contributed by atoms with Gasteiger partial charge in [0.05, 0.1) is 0 Å². The van der Waals surface area contributed by atoms with Gasteiger partial charge in [0, 0.05) is 32.4 Å². The highest BCUT2D eigenvalue weighted by Gasteiger charge is 2.32. The first-order chi connectivity index (χ1) is 9.23. The van der Waals surface area contributed by atoms with Crippen LogP contribution in [-0.2, 0) is 20.2 Å². The molecule has 0 aliphatic carbocycles. The first kappa shape index (κ1) is 15.1. The monoisotopic (exact) mass is 321 g/mol. The maximum atomic E-state index is 12.4. The van der Waals surface area contributed by atoms with Crippen molar-refractivity contribution in [3.05, 3.63) is 18.3 Å². The van der Waals surface area contributed by atoms with Crippen LogP contribution in [0.15, 0.2) is 23.2 Å². The van der Waals surface area contributed by atoms with Crippen LogP contribution in [0.1, 0.15) is 0 Å². The highest BCUT2D eigenvalue weighted by molar-refractivity contribution is 7.89. The van der Waals surface area contributed by atoms with Crippen molar-refractivity contribution in [2.24, 2.45) is 5.14 Å². The van der Waals surface area contributed by atoms with Gasteiger partial charge in [-0.25, -0.2) is 18.5 Å². The minimum Gasteiger partial charge on any atom is -0.383 e. The van der Waals surface area contributed by atoms with Crippen molar-refractivity contribution in [3.8, 4) is 0 Å². The lowest BCUT2D eigenvalue weighted by atomic mass is 10.4. The molecule has 0 amide bonds. The first-order valence-electron chi connectivity index (χ1n) is 5.71. The molecule has 112 valence electrons. The number of anilines is 1. The molecule has 1 aliphatic rings. The summed E-state index contributed by atoms with van der Waals surface area (Å²) in [5.74, 6) is -0.0821. The normalized spacial score (nSPS) is 19.1. The zero-order chi connectivity index (χ0) is 15.0. The SMILES string of the molecule is Nc1ncccc1S(=O)(=O)N1CCN(S(N)(=O)=O)CC1. The van der Waals surface area contributed by atoms with E-state index < -0.39 is 20.2 Å².